The summed E-state index contributed by atoms with van der Waals surface area (Å²) in [5.41, 5.74) is 4.96. The molecule has 1 heterocycles. The molecule has 3 rings (SSSR count). The van der Waals surface area contributed by atoms with Crippen LogP contribution >= 0.6 is 23.2 Å². The van der Waals surface area contributed by atoms with E-state index in [1.54, 1.807) is 29.4 Å². The number of halogens is 3. The van der Waals surface area contributed by atoms with Gasteiger partial charge in [-0.05, 0) is 37.3 Å². The van der Waals surface area contributed by atoms with Gasteiger partial charge in [0.05, 0.1) is 28.1 Å². The second-order valence-corrected chi connectivity index (χ2v) is 9.97. The summed E-state index contributed by atoms with van der Waals surface area (Å²) in [6, 6.07) is 9.77. The number of hydrogen-bond donors (Lipinski definition) is 2. The van der Waals surface area contributed by atoms with Gasteiger partial charge < -0.3 is 15.8 Å². The number of carbonyl (C=O) groups is 1. The van der Waals surface area contributed by atoms with E-state index in [4.69, 9.17) is 38.9 Å². The van der Waals surface area contributed by atoms with Gasteiger partial charge in [-0.1, -0.05) is 23.2 Å². The number of nitrogens with one attached hydrogen (secondary N) is 1. The minimum atomic E-state index is -1.53. The standard InChI is InChI=1S/C21H21Cl2FN4O3S/c1-13(26)20(29)27-9-21(12-31-16-4-2-14(8-25)18(24)7-16)10-28(11-21)32(30)19-5-3-15(22)6-17(19)23/h2-7,13H,9-12,26H2,1H3,(H,27,29). The first-order chi connectivity index (χ1) is 15.1. The van der Waals surface area contributed by atoms with Crippen LogP contribution in [0.5, 0.6) is 5.75 Å². The Labute approximate surface area is 197 Å². The summed E-state index contributed by atoms with van der Waals surface area (Å²) in [5, 5.41) is 12.4. The molecule has 2 aromatic rings. The van der Waals surface area contributed by atoms with E-state index in [0.717, 1.165) is 6.07 Å². The van der Waals surface area contributed by atoms with Crippen molar-refractivity contribution in [3.05, 3.63) is 57.8 Å². The predicted molar refractivity (Wildman–Crippen MR) is 120 cm³/mol. The lowest BCUT2D eigenvalue weighted by molar-refractivity contribution is -0.123. The number of amides is 1. The van der Waals surface area contributed by atoms with Crippen LogP contribution < -0.4 is 15.8 Å². The van der Waals surface area contributed by atoms with Gasteiger partial charge in [0.1, 0.15) is 28.6 Å². The molecule has 7 nitrogen and oxygen atoms in total. The Morgan fingerprint density at radius 2 is 2.09 bits per heavy atom. The highest BCUT2D eigenvalue weighted by atomic mass is 35.5. The second-order valence-electron chi connectivity index (χ2n) is 7.67. The first-order valence-electron chi connectivity index (χ1n) is 9.62. The van der Waals surface area contributed by atoms with Gasteiger partial charge in [0.15, 0.2) is 0 Å². The van der Waals surface area contributed by atoms with Crippen molar-refractivity contribution in [2.24, 2.45) is 11.1 Å². The molecular weight excluding hydrogens is 478 g/mol. The monoisotopic (exact) mass is 498 g/mol. The van der Waals surface area contributed by atoms with Gasteiger partial charge in [0.25, 0.3) is 0 Å². The van der Waals surface area contributed by atoms with Crippen LogP contribution in [0.3, 0.4) is 0 Å². The predicted octanol–water partition coefficient (Wildman–Crippen LogP) is 2.87. The molecular formula is C21H21Cl2FN4O3S. The Morgan fingerprint density at radius 1 is 1.38 bits per heavy atom. The number of rotatable bonds is 8. The molecule has 32 heavy (non-hydrogen) atoms. The molecule has 0 bridgehead atoms. The molecule has 0 aromatic heterocycles. The van der Waals surface area contributed by atoms with Gasteiger partial charge in [-0.3, -0.25) is 4.79 Å². The Kier molecular flexibility index (Phi) is 7.75. The Balaban J connectivity index is 1.72. The summed E-state index contributed by atoms with van der Waals surface area (Å²) in [5.74, 6) is -0.758. The van der Waals surface area contributed by atoms with Gasteiger partial charge in [0, 0.05) is 36.1 Å². The molecule has 0 spiro atoms. The van der Waals surface area contributed by atoms with Crippen LogP contribution in [0.1, 0.15) is 12.5 Å². The molecule has 3 N–H and O–H groups in total. The summed E-state index contributed by atoms with van der Waals surface area (Å²) in [6.45, 7) is 2.59. The van der Waals surface area contributed by atoms with Crippen molar-refractivity contribution in [1.29, 1.82) is 5.26 Å². The Morgan fingerprint density at radius 3 is 2.69 bits per heavy atom. The van der Waals surface area contributed by atoms with Gasteiger partial charge in [0.2, 0.25) is 5.91 Å². The number of nitriles is 1. The van der Waals surface area contributed by atoms with Crippen LogP contribution in [-0.4, -0.2) is 46.7 Å². The smallest absolute Gasteiger partial charge is 0.236 e. The van der Waals surface area contributed by atoms with Crippen molar-refractivity contribution in [3.8, 4) is 11.8 Å². The van der Waals surface area contributed by atoms with Crippen molar-refractivity contribution in [1.82, 2.24) is 9.62 Å². The molecule has 0 radical (unpaired) electrons. The Hall–Kier alpha value is -2.22. The lowest BCUT2D eigenvalue weighted by atomic mass is 9.82. The highest BCUT2D eigenvalue weighted by molar-refractivity contribution is 7.82. The van der Waals surface area contributed by atoms with Gasteiger partial charge in [-0.15, -0.1) is 0 Å². The fourth-order valence-electron chi connectivity index (χ4n) is 3.18. The van der Waals surface area contributed by atoms with Crippen molar-refractivity contribution in [2.75, 3.05) is 26.2 Å². The minimum Gasteiger partial charge on any atom is -0.493 e. The third kappa shape index (κ3) is 5.57. The molecule has 1 aliphatic heterocycles. The van der Waals surface area contributed by atoms with E-state index < -0.39 is 28.3 Å². The molecule has 11 heteroatoms. The molecule has 0 aliphatic carbocycles. The van der Waals surface area contributed by atoms with Crippen molar-refractivity contribution in [2.45, 2.75) is 17.9 Å². The van der Waals surface area contributed by atoms with Gasteiger partial charge in [-0.2, -0.15) is 5.26 Å². The number of hydrogen-bond acceptors (Lipinski definition) is 5. The third-order valence-corrected chi connectivity index (χ3v) is 7.12. The number of nitrogens with zero attached hydrogens (tertiary/aromatic N) is 2. The zero-order valence-corrected chi connectivity index (χ0v) is 19.4. The fraction of sp³-hybridized carbons (Fsp3) is 0.333. The zero-order valence-electron chi connectivity index (χ0n) is 17.1. The van der Waals surface area contributed by atoms with E-state index in [-0.39, 0.29) is 30.4 Å². The van der Waals surface area contributed by atoms with Crippen molar-refractivity contribution >= 4 is 40.1 Å². The van der Waals surface area contributed by atoms with Crippen LogP contribution in [0.15, 0.2) is 41.3 Å². The summed E-state index contributed by atoms with van der Waals surface area (Å²) >= 11 is 12.1. The number of nitrogens with two attached hydrogens (primary N) is 1. The number of carbonyl (C=O) groups excluding carboxylic acids is 1. The average molecular weight is 499 g/mol. The van der Waals surface area contributed by atoms with Gasteiger partial charge >= 0.3 is 0 Å². The fourth-order valence-corrected chi connectivity index (χ4v) is 5.25. The molecule has 2 atom stereocenters. The highest BCUT2D eigenvalue weighted by Gasteiger charge is 2.47. The van der Waals surface area contributed by atoms with E-state index in [1.165, 1.54) is 18.2 Å². The molecule has 170 valence electrons. The number of ether oxygens (including phenoxy) is 1. The maximum atomic E-state index is 13.9. The summed E-state index contributed by atoms with van der Waals surface area (Å²) < 4.78 is 34.3. The molecule has 0 saturated carbocycles. The maximum absolute atomic E-state index is 13.9. The molecule has 1 fully saturated rings. The third-order valence-electron chi connectivity index (χ3n) is 5.00. The van der Waals surface area contributed by atoms with Crippen LogP contribution in [0.4, 0.5) is 4.39 Å². The highest BCUT2D eigenvalue weighted by Crippen LogP contribution is 2.36. The summed E-state index contributed by atoms with van der Waals surface area (Å²) in [4.78, 5) is 12.4. The normalized spacial score (nSPS) is 17.0. The van der Waals surface area contributed by atoms with Crippen LogP contribution in [0.2, 0.25) is 10.0 Å². The van der Waals surface area contributed by atoms with Crippen LogP contribution in [-0.2, 0) is 15.8 Å². The summed E-state index contributed by atoms with van der Waals surface area (Å²) in [7, 11) is -1.53. The summed E-state index contributed by atoms with van der Waals surface area (Å²) in [6.07, 6.45) is 0. The van der Waals surface area contributed by atoms with Crippen LogP contribution in [0, 0.1) is 22.6 Å². The lowest BCUT2D eigenvalue weighted by Crippen LogP contribution is -2.64. The first kappa shape index (κ1) is 24.4. The van der Waals surface area contributed by atoms with Gasteiger partial charge in [-0.25, -0.2) is 12.9 Å². The lowest BCUT2D eigenvalue weighted by Gasteiger charge is -2.48. The largest absolute Gasteiger partial charge is 0.493 e. The van der Waals surface area contributed by atoms with E-state index >= 15 is 0 Å². The zero-order chi connectivity index (χ0) is 23.5. The quantitative estimate of drug-likeness (QED) is 0.581. The van der Waals surface area contributed by atoms with E-state index in [1.807, 2.05) is 0 Å². The van der Waals surface area contributed by atoms with E-state index in [0.29, 0.717) is 28.0 Å². The maximum Gasteiger partial charge on any atom is 0.236 e. The second kappa shape index (κ2) is 10.1. The minimum absolute atomic E-state index is 0.0821. The molecule has 1 amide bonds. The van der Waals surface area contributed by atoms with Crippen molar-refractivity contribution in [3.63, 3.8) is 0 Å². The molecule has 2 aromatic carbocycles. The van der Waals surface area contributed by atoms with E-state index in [2.05, 4.69) is 5.32 Å². The SMILES string of the molecule is CC(N)C(=O)NCC1(COc2ccc(C#N)c(F)c2)CN(S(=O)c2ccc(Cl)cc2Cl)C1. The topological polar surface area (TPSA) is 108 Å². The van der Waals surface area contributed by atoms with Crippen LogP contribution in [0.25, 0.3) is 0 Å². The number of benzene rings is 2. The van der Waals surface area contributed by atoms with E-state index in [9.17, 15) is 13.4 Å². The molecule has 1 saturated heterocycles. The molecule has 1 aliphatic rings. The molecule has 2 unspecified atom stereocenters. The first-order valence-corrected chi connectivity index (χ1v) is 11.5. The Bertz CT molecular complexity index is 1090. The van der Waals surface area contributed by atoms with Crippen molar-refractivity contribution < 1.29 is 18.1 Å². The average Bonchev–Trinajstić information content (AvgIpc) is 2.72.